The van der Waals surface area contributed by atoms with Crippen molar-refractivity contribution in [3.63, 3.8) is 0 Å². The van der Waals surface area contributed by atoms with Crippen molar-refractivity contribution in [2.24, 2.45) is 0 Å². The number of carboxylic acid groups (broad SMARTS) is 1. The molecule has 0 bridgehead atoms. The van der Waals surface area contributed by atoms with Gasteiger partial charge in [-0.2, -0.15) is 0 Å². The molecule has 0 spiro atoms. The van der Waals surface area contributed by atoms with Gasteiger partial charge < -0.3 is 14.6 Å². The number of carboxylic acids is 1. The highest BCUT2D eigenvalue weighted by atomic mass is 32.2. The molecule has 0 radical (unpaired) electrons. The number of carbonyl (C=O) groups excluding carboxylic acids is 1. The average molecular weight is 329 g/mol. The van der Waals surface area contributed by atoms with E-state index >= 15 is 0 Å². The van der Waals surface area contributed by atoms with Gasteiger partial charge in [0.15, 0.2) is 0 Å². The van der Waals surface area contributed by atoms with E-state index in [0.717, 1.165) is 0 Å². The van der Waals surface area contributed by atoms with Crippen molar-refractivity contribution < 1.29 is 27.9 Å². The Labute approximate surface area is 129 Å². The second-order valence-corrected chi connectivity index (χ2v) is 6.43. The highest BCUT2D eigenvalue weighted by Gasteiger charge is 2.25. The number of hydrogen-bond acceptors (Lipinski definition) is 5. The summed E-state index contributed by atoms with van der Waals surface area (Å²) in [7, 11) is -4.07. The molecule has 8 heteroatoms. The van der Waals surface area contributed by atoms with E-state index in [1.54, 1.807) is 13.0 Å². The third-order valence-electron chi connectivity index (χ3n) is 2.91. The summed E-state index contributed by atoms with van der Waals surface area (Å²) in [6.07, 6.45) is 0.135. The van der Waals surface area contributed by atoms with Gasteiger partial charge in [-0.3, -0.25) is 4.79 Å². The van der Waals surface area contributed by atoms with Gasteiger partial charge in [0.05, 0.1) is 18.6 Å². The third kappa shape index (κ3) is 5.12. The minimum Gasteiger partial charge on any atom is -0.489 e. The first-order valence-electron chi connectivity index (χ1n) is 6.75. The van der Waals surface area contributed by atoms with Crippen LogP contribution in [-0.2, 0) is 19.6 Å². The third-order valence-corrected chi connectivity index (χ3v) is 4.44. The molecule has 22 heavy (non-hydrogen) atoms. The molecule has 0 heterocycles. The molecule has 2 unspecified atom stereocenters. The van der Waals surface area contributed by atoms with E-state index in [2.05, 4.69) is 4.72 Å². The smallest absolute Gasteiger partial charge is 0.305 e. The van der Waals surface area contributed by atoms with Crippen molar-refractivity contribution in [2.75, 3.05) is 0 Å². The minimum absolute atomic E-state index is 0.132. The van der Waals surface area contributed by atoms with E-state index in [-0.39, 0.29) is 23.0 Å². The molecule has 0 fully saturated rings. The summed E-state index contributed by atoms with van der Waals surface area (Å²) < 4.78 is 32.3. The maximum atomic E-state index is 12.3. The molecule has 0 aromatic heterocycles. The van der Waals surface area contributed by atoms with E-state index in [0.29, 0.717) is 6.42 Å². The van der Waals surface area contributed by atoms with E-state index in [1.165, 1.54) is 18.2 Å². The Balaban J connectivity index is 3.06. The van der Waals surface area contributed by atoms with Crippen molar-refractivity contribution in [1.29, 1.82) is 0 Å². The highest BCUT2D eigenvalue weighted by molar-refractivity contribution is 7.89. The van der Waals surface area contributed by atoms with Crippen LogP contribution in [0.2, 0.25) is 0 Å². The van der Waals surface area contributed by atoms with Crippen molar-refractivity contribution in [1.82, 2.24) is 4.72 Å². The molecule has 122 valence electrons. The van der Waals surface area contributed by atoms with E-state index in [9.17, 15) is 18.0 Å². The molecule has 0 saturated carbocycles. The number of hydrogen-bond donors (Lipinski definition) is 2. The lowest BCUT2D eigenvalue weighted by Crippen LogP contribution is -2.37. The molecular weight excluding hydrogens is 310 g/mol. The zero-order valence-electron chi connectivity index (χ0n) is 12.4. The number of benzene rings is 1. The summed E-state index contributed by atoms with van der Waals surface area (Å²) in [6.45, 7) is 3.70. The fourth-order valence-electron chi connectivity index (χ4n) is 1.64. The maximum Gasteiger partial charge on any atom is 0.305 e. The molecule has 0 aliphatic carbocycles. The Morgan fingerprint density at radius 3 is 2.59 bits per heavy atom. The van der Waals surface area contributed by atoms with Crippen LogP contribution in [0.5, 0.6) is 5.75 Å². The topological polar surface area (TPSA) is 110 Å². The van der Waals surface area contributed by atoms with Crippen LogP contribution in [0.3, 0.4) is 0 Å². The van der Waals surface area contributed by atoms with Gasteiger partial charge in [-0.05, 0) is 25.5 Å². The predicted octanol–water partition coefficient (Wildman–Crippen LogP) is 1.18. The van der Waals surface area contributed by atoms with Crippen molar-refractivity contribution in [2.45, 2.75) is 43.7 Å². The Kier molecular flexibility index (Phi) is 6.51. The normalized spacial score (nSPS) is 14.1. The van der Waals surface area contributed by atoms with E-state index < -0.39 is 28.5 Å². The van der Waals surface area contributed by atoms with Crippen LogP contribution in [0.4, 0.5) is 0 Å². The second-order valence-electron chi connectivity index (χ2n) is 4.75. The molecule has 0 saturated heterocycles. The summed E-state index contributed by atoms with van der Waals surface area (Å²) in [5.41, 5.74) is 0. The molecule has 1 rings (SSSR count). The largest absolute Gasteiger partial charge is 0.489 e. The number of carbonyl (C=O) groups is 2. The SMILES string of the molecule is CCC(C)Oc1ccccc1S(=O)(=O)NC(C=O)CC(=O)O. The molecule has 0 aliphatic heterocycles. The van der Waals surface area contributed by atoms with Gasteiger partial charge in [0, 0.05) is 0 Å². The van der Waals surface area contributed by atoms with E-state index in [4.69, 9.17) is 9.84 Å². The van der Waals surface area contributed by atoms with Crippen molar-refractivity contribution in [3.05, 3.63) is 24.3 Å². The molecule has 2 N–H and O–H groups in total. The number of nitrogens with one attached hydrogen (secondary N) is 1. The maximum absolute atomic E-state index is 12.3. The number of aldehydes is 1. The fourth-order valence-corrected chi connectivity index (χ4v) is 2.94. The lowest BCUT2D eigenvalue weighted by molar-refractivity contribution is -0.138. The van der Waals surface area contributed by atoms with Crippen molar-refractivity contribution >= 4 is 22.3 Å². The predicted molar refractivity (Wildman–Crippen MR) is 79.2 cm³/mol. The van der Waals surface area contributed by atoms with Crippen LogP contribution < -0.4 is 9.46 Å². The van der Waals surface area contributed by atoms with Gasteiger partial charge in [0.1, 0.15) is 16.9 Å². The van der Waals surface area contributed by atoms with E-state index in [1.807, 2.05) is 6.92 Å². The first-order valence-corrected chi connectivity index (χ1v) is 8.23. The van der Waals surface area contributed by atoms with Gasteiger partial charge in [0.25, 0.3) is 0 Å². The lowest BCUT2D eigenvalue weighted by Gasteiger charge is -2.17. The van der Waals surface area contributed by atoms with Gasteiger partial charge in [-0.25, -0.2) is 13.1 Å². The Bertz CT molecular complexity index is 628. The second kappa shape index (κ2) is 7.90. The Hall–Kier alpha value is -1.93. The van der Waals surface area contributed by atoms with Crippen molar-refractivity contribution in [3.8, 4) is 5.75 Å². The summed E-state index contributed by atoms with van der Waals surface area (Å²) in [4.78, 5) is 21.3. The fraction of sp³-hybridized carbons (Fsp3) is 0.429. The van der Waals surface area contributed by atoms with Crippen LogP contribution >= 0.6 is 0 Å². The van der Waals surface area contributed by atoms with Crippen LogP contribution in [0.1, 0.15) is 26.7 Å². The molecule has 0 amide bonds. The molecule has 7 nitrogen and oxygen atoms in total. The quantitative estimate of drug-likeness (QED) is 0.658. The standard InChI is InChI=1S/C14H19NO6S/c1-3-10(2)21-12-6-4-5-7-13(12)22(19,20)15-11(9-16)8-14(17)18/h4-7,9-11,15H,3,8H2,1-2H3,(H,17,18). The number of ether oxygens (including phenoxy) is 1. The van der Waals surface area contributed by atoms with Gasteiger partial charge >= 0.3 is 5.97 Å². The zero-order chi connectivity index (χ0) is 16.8. The molecule has 0 aliphatic rings. The minimum atomic E-state index is -4.07. The van der Waals surface area contributed by atoms with Gasteiger partial charge in [0.2, 0.25) is 10.0 Å². The molecule has 1 aromatic rings. The molecule has 2 atom stereocenters. The first-order chi connectivity index (χ1) is 10.3. The average Bonchev–Trinajstić information content (AvgIpc) is 2.46. The summed E-state index contributed by atoms with van der Waals surface area (Å²) in [5, 5.41) is 8.67. The Morgan fingerprint density at radius 1 is 1.41 bits per heavy atom. The zero-order valence-corrected chi connectivity index (χ0v) is 13.2. The summed E-state index contributed by atoms with van der Waals surface area (Å²) in [6, 6.07) is 4.66. The van der Waals surface area contributed by atoms with Gasteiger partial charge in [-0.15, -0.1) is 0 Å². The van der Waals surface area contributed by atoms with Crippen LogP contribution in [0, 0.1) is 0 Å². The number of rotatable bonds is 9. The van der Waals surface area contributed by atoms with Gasteiger partial charge in [-0.1, -0.05) is 19.1 Å². The first kappa shape index (κ1) is 18.1. The molecular formula is C14H19NO6S. The van der Waals surface area contributed by atoms with Crippen LogP contribution in [0.25, 0.3) is 0 Å². The number of para-hydroxylation sites is 1. The highest BCUT2D eigenvalue weighted by Crippen LogP contribution is 2.25. The monoisotopic (exact) mass is 329 g/mol. The molecule has 1 aromatic carbocycles. The summed E-state index contributed by atoms with van der Waals surface area (Å²) in [5.74, 6) is -1.12. The van der Waals surface area contributed by atoms with Crippen LogP contribution in [0.15, 0.2) is 29.2 Å². The summed E-state index contributed by atoms with van der Waals surface area (Å²) >= 11 is 0. The Morgan fingerprint density at radius 2 is 2.05 bits per heavy atom. The van der Waals surface area contributed by atoms with Crippen LogP contribution in [-0.4, -0.2) is 37.9 Å². The number of sulfonamides is 1. The lowest BCUT2D eigenvalue weighted by atomic mass is 10.2. The number of aliphatic carboxylic acids is 1.